The quantitative estimate of drug-likeness (QED) is 0.578. The van der Waals surface area contributed by atoms with Gasteiger partial charge in [0.25, 0.3) is 5.78 Å². The van der Waals surface area contributed by atoms with Gasteiger partial charge in [0, 0.05) is 25.2 Å². The fourth-order valence-electron chi connectivity index (χ4n) is 2.89. The zero-order valence-corrected chi connectivity index (χ0v) is 13.5. The minimum atomic E-state index is 0.560. The van der Waals surface area contributed by atoms with Crippen LogP contribution in [0.3, 0.4) is 0 Å². The Hall–Kier alpha value is -2.99. The van der Waals surface area contributed by atoms with E-state index >= 15 is 0 Å². The molecule has 0 aliphatic heterocycles. The summed E-state index contributed by atoms with van der Waals surface area (Å²) in [4.78, 5) is 6.78. The summed E-state index contributed by atoms with van der Waals surface area (Å²) in [6.07, 6.45) is 1.69. The van der Waals surface area contributed by atoms with Gasteiger partial charge in [-0.15, -0.1) is 10.2 Å². The maximum absolute atomic E-state index is 5.27. The summed E-state index contributed by atoms with van der Waals surface area (Å²) in [6.45, 7) is 0.560. The highest BCUT2D eigenvalue weighted by Crippen LogP contribution is 2.30. The molecule has 0 aliphatic rings. The number of anilines is 2. The summed E-state index contributed by atoms with van der Waals surface area (Å²) in [5.41, 5.74) is 3.18. The number of methoxy groups -OCH3 is 1. The van der Waals surface area contributed by atoms with Crippen molar-refractivity contribution >= 4 is 28.2 Å². The van der Waals surface area contributed by atoms with Crippen LogP contribution in [0, 0.1) is 0 Å². The minimum absolute atomic E-state index is 0.560. The standard InChI is InChI=1S/C18H17N5O/c1-22(14-6-4-3-5-7-14)17-15-10-13(11-24-2)8-9-16(15)23-12-19-21-18(23)20-17/h3-10,12H,11H2,1-2H3. The van der Waals surface area contributed by atoms with Crippen molar-refractivity contribution in [3.8, 4) is 0 Å². The molecule has 0 unspecified atom stereocenters. The zero-order valence-electron chi connectivity index (χ0n) is 13.5. The fourth-order valence-corrected chi connectivity index (χ4v) is 2.89. The van der Waals surface area contributed by atoms with Gasteiger partial charge in [-0.05, 0) is 29.8 Å². The molecular weight excluding hydrogens is 302 g/mol. The van der Waals surface area contributed by atoms with E-state index in [0.717, 1.165) is 28.0 Å². The Kier molecular flexibility index (Phi) is 3.59. The van der Waals surface area contributed by atoms with Crippen molar-refractivity contribution < 1.29 is 4.74 Å². The molecule has 120 valence electrons. The van der Waals surface area contributed by atoms with Crippen molar-refractivity contribution in [2.75, 3.05) is 19.1 Å². The van der Waals surface area contributed by atoms with E-state index in [1.54, 1.807) is 13.4 Å². The third kappa shape index (κ3) is 2.37. The third-order valence-electron chi connectivity index (χ3n) is 4.07. The van der Waals surface area contributed by atoms with Crippen LogP contribution in [-0.4, -0.2) is 33.7 Å². The van der Waals surface area contributed by atoms with Crippen LogP contribution in [0.5, 0.6) is 0 Å². The first-order chi connectivity index (χ1) is 11.8. The van der Waals surface area contributed by atoms with E-state index in [0.29, 0.717) is 12.4 Å². The number of ether oxygens (including phenoxy) is 1. The number of fused-ring (bicyclic) bond motifs is 3. The molecule has 0 N–H and O–H groups in total. The fraction of sp³-hybridized carbons (Fsp3) is 0.167. The second kappa shape index (κ2) is 5.90. The second-order valence-electron chi connectivity index (χ2n) is 5.62. The van der Waals surface area contributed by atoms with Crippen LogP contribution in [0.1, 0.15) is 5.56 Å². The highest BCUT2D eigenvalue weighted by molar-refractivity contribution is 5.93. The van der Waals surface area contributed by atoms with E-state index in [2.05, 4.69) is 45.4 Å². The molecule has 2 aromatic carbocycles. The first-order valence-electron chi connectivity index (χ1n) is 7.68. The number of para-hydroxylation sites is 1. The molecule has 0 saturated carbocycles. The van der Waals surface area contributed by atoms with Crippen molar-refractivity contribution in [3.63, 3.8) is 0 Å². The summed E-state index contributed by atoms with van der Waals surface area (Å²) in [7, 11) is 3.70. The first kappa shape index (κ1) is 14.6. The molecule has 2 aromatic heterocycles. The van der Waals surface area contributed by atoms with Crippen LogP contribution in [0.25, 0.3) is 16.7 Å². The van der Waals surface area contributed by atoms with Gasteiger partial charge in [0.05, 0.1) is 12.1 Å². The van der Waals surface area contributed by atoms with E-state index in [1.165, 1.54) is 0 Å². The Bertz CT molecular complexity index is 996. The number of nitrogens with zero attached hydrogens (tertiary/aromatic N) is 5. The van der Waals surface area contributed by atoms with Crippen LogP contribution in [-0.2, 0) is 11.3 Å². The van der Waals surface area contributed by atoms with Crippen molar-refractivity contribution in [1.29, 1.82) is 0 Å². The normalized spacial score (nSPS) is 11.2. The molecule has 24 heavy (non-hydrogen) atoms. The van der Waals surface area contributed by atoms with Crippen molar-refractivity contribution in [2.45, 2.75) is 6.61 Å². The van der Waals surface area contributed by atoms with Gasteiger partial charge in [-0.1, -0.05) is 24.3 Å². The minimum Gasteiger partial charge on any atom is -0.380 e. The number of benzene rings is 2. The molecule has 4 rings (SSSR count). The Morgan fingerprint density at radius 1 is 1.12 bits per heavy atom. The average Bonchev–Trinajstić information content (AvgIpc) is 3.10. The molecular formula is C18H17N5O. The lowest BCUT2D eigenvalue weighted by Crippen LogP contribution is -2.13. The van der Waals surface area contributed by atoms with E-state index in [-0.39, 0.29) is 0 Å². The summed E-state index contributed by atoms with van der Waals surface area (Å²) in [5, 5.41) is 9.14. The van der Waals surface area contributed by atoms with Gasteiger partial charge < -0.3 is 9.64 Å². The highest BCUT2D eigenvalue weighted by atomic mass is 16.5. The van der Waals surface area contributed by atoms with E-state index in [1.807, 2.05) is 29.6 Å². The van der Waals surface area contributed by atoms with Crippen LogP contribution < -0.4 is 4.90 Å². The van der Waals surface area contributed by atoms with E-state index < -0.39 is 0 Å². The monoisotopic (exact) mass is 319 g/mol. The van der Waals surface area contributed by atoms with Gasteiger partial charge in [-0.3, -0.25) is 4.40 Å². The smallest absolute Gasteiger partial charge is 0.257 e. The van der Waals surface area contributed by atoms with Gasteiger partial charge in [-0.25, -0.2) is 0 Å². The largest absolute Gasteiger partial charge is 0.380 e. The molecule has 0 atom stereocenters. The van der Waals surface area contributed by atoms with Gasteiger partial charge in [0.15, 0.2) is 0 Å². The molecule has 0 fully saturated rings. The molecule has 0 radical (unpaired) electrons. The average molecular weight is 319 g/mol. The maximum Gasteiger partial charge on any atom is 0.257 e. The summed E-state index contributed by atoms with van der Waals surface area (Å²) < 4.78 is 7.17. The van der Waals surface area contributed by atoms with Crippen LogP contribution in [0.15, 0.2) is 54.9 Å². The predicted octanol–water partition coefficient (Wildman–Crippen LogP) is 3.19. The lowest BCUT2D eigenvalue weighted by Gasteiger charge is -2.20. The van der Waals surface area contributed by atoms with Crippen molar-refractivity contribution in [1.82, 2.24) is 19.6 Å². The number of hydrogen-bond donors (Lipinski definition) is 0. The number of aromatic nitrogens is 4. The third-order valence-corrected chi connectivity index (χ3v) is 4.07. The lowest BCUT2D eigenvalue weighted by molar-refractivity contribution is 0.185. The topological polar surface area (TPSA) is 55.5 Å². The molecule has 6 heteroatoms. The van der Waals surface area contributed by atoms with Gasteiger partial charge in [0.1, 0.15) is 12.1 Å². The number of rotatable bonds is 4. The van der Waals surface area contributed by atoms with Crippen LogP contribution >= 0.6 is 0 Å². The first-order valence-corrected chi connectivity index (χ1v) is 7.68. The van der Waals surface area contributed by atoms with E-state index in [4.69, 9.17) is 9.72 Å². The van der Waals surface area contributed by atoms with Gasteiger partial charge >= 0.3 is 0 Å². The highest BCUT2D eigenvalue weighted by Gasteiger charge is 2.14. The molecule has 0 bridgehead atoms. The Morgan fingerprint density at radius 3 is 2.75 bits per heavy atom. The molecule has 6 nitrogen and oxygen atoms in total. The molecule has 4 aromatic rings. The Balaban J connectivity index is 1.98. The van der Waals surface area contributed by atoms with Crippen molar-refractivity contribution in [3.05, 3.63) is 60.4 Å². The van der Waals surface area contributed by atoms with Crippen LogP contribution in [0.4, 0.5) is 11.5 Å². The molecule has 2 heterocycles. The summed E-state index contributed by atoms with van der Waals surface area (Å²) >= 11 is 0. The SMILES string of the molecule is COCc1ccc2c(c1)c(N(C)c1ccccc1)nc1nncn12. The number of hydrogen-bond acceptors (Lipinski definition) is 5. The van der Waals surface area contributed by atoms with Gasteiger partial charge in [0.2, 0.25) is 0 Å². The molecule has 0 aliphatic carbocycles. The van der Waals surface area contributed by atoms with E-state index in [9.17, 15) is 0 Å². The van der Waals surface area contributed by atoms with Crippen molar-refractivity contribution in [2.24, 2.45) is 0 Å². The second-order valence-corrected chi connectivity index (χ2v) is 5.62. The summed E-state index contributed by atoms with van der Waals surface area (Å²) in [5.74, 6) is 1.43. The predicted molar refractivity (Wildman–Crippen MR) is 93.5 cm³/mol. The molecule has 0 amide bonds. The maximum atomic E-state index is 5.27. The molecule has 0 spiro atoms. The Labute approximate surface area is 139 Å². The lowest BCUT2D eigenvalue weighted by atomic mass is 10.1. The Morgan fingerprint density at radius 2 is 1.96 bits per heavy atom. The van der Waals surface area contributed by atoms with Crippen LogP contribution in [0.2, 0.25) is 0 Å². The zero-order chi connectivity index (χ0) is 16.5. The van der Waals surface area contributed by atoms with Gasteiger partial charge in [-0.2, -0.15) is 4.98 Å². The molecule has 0 saturated heterocycles. The summed E-state index contributed by atoms with van der Waals surface area (Å²) in [6, 6.07) is 16.4.